The summed E-state index contributed by atoms with van der Waals surface area (Å²) in [7, 11) is 0. The number of nitrogens with one attached hydrogen (secondary N) is 2. The molecule has 3 unspecified atom stereocenters. The molecule has 3 heteroatoms. The Hall–Kier alpha value is -0.380. The van der Waals surface area contributed by atoms with E-state index in [1.165, 1.54) is 61.2 Å². The Balaban J connectivity index is 1.52. The Morgan fingerprint density at radius 1 is 1.15 bits per heavy atom. The lowest BCUT2D eigenvalue weighted by Crippen LogP contribution is -2.46. The highest BCUT2D eigenvalue weighted by atomic mass is 32.1. The molecule has 1 saturated heterocycles. The maximum Gasteiger partial charge on any atom is 0.0302 e. The first-order valence-corrected chi connectivity index (χ1v) is 9.23. The van der Waals surface area contributed by atoms with E-state index in [-0.39, 0.29) is 0 Å². The highest BCUT2D eigenvalue weighted by Crippen LogP contribution is 2.32. The molecular formula is C17H28N2S. The van der Waals surface area contributed by atoms with Gasteiger partial charge in [-0.3, -0.25) is 0 Å². The highest BCUT2D eigenvalue weighted by Gasteiger charge is 2.33. The van der Waals surface area contributed by atoms with E-state index in [9.17, 15) is 0 Å². The average molecular weight is 292 g/mol. The standard InChI is InChI=1S/C17H28N2S/c1-2-13-9-10-14(20-13)12-19-17-8-5-6-15(17)16-7-3-4-11-18-16/h9-10,15-19H,2-8,11-12H2,1H3. The van der Waals surface area contributed by atoms with Crippen LogP contribution in [0.15, 0.2) is 12.1 Å². The second-order valence-electron chi connectivity index (χ2n) is 6.36. The van der Waals surface area contributed by atoms with Crippen molar-refractivity contribution >= 4 is 11.3 Å². The summed E-state index contributed by atoms with van der Waals surface area (Å²) < 4.78 is 0. The van der Waals surface area contributed by atoms with E-state index < -0.39 is 0 Å². The molecule has 2 aliphatic rings. The highest BCUT2D eigenvalue weighted by molar-refractivity contribution is 7.11. The molecule has 0 bridgehead atoms. The van der Waals surface area contributed by atoms with Gasteiger partial charge in [-0.2, -0.15) is 0 Å². The summed E-state index contributed by atoms with van der Waals surface area (Å²) in [6, 6.07) is 6.10. The largest absolute Gasteiger partial charge is 0.314 e. The van der Waals surface area contributed by atoms with Crippen LogP contribution >= 0.6 is 11.3 Å². The second kappa shape index (κ2) is 7.06. The molecule has 0 spiro atoms. The van der Waals surface area contributed by atoms with Gasteiger partial charge in [-0.25, -0.2) is 0 Å². The molecule has 2 N–H and O–H groups in total. The van der Waals surface area contributed by atoms with Crippen LogP contribution in [-0.2, 0) is 13.0 Å². The van der Waals surface area contributed by atoms with Gasteiger partial charge in [-0.05, 0) is 56.7 Å². The Morgan fingerprint density at radius 3 is 2.80 bits per heavy atom. The SMILES string of the molecule is CCc1ccc(CNC2CCCC2C2CCCCN2)s1. The first-order valence-electron chi connectivity index (χ1n) is 8.41. The maximum atomic E-state index is 3.85. The van der Waals surface area contributed by atoms with Gasteiger partial charge < -0.3 is 10.6 Å². The summed E-state index contributed by atoms with van der Waals surface area (Å²) in [4.78, 5) is 3.02. The molecule has 112 valence electrons. The van der Waals surface area contributed by atoms with Crippen LogP contribution in [0.1, 0.15) is 55.2 Å². The molecule has 20 heavy (non-hydrogen) atoms. The summed E-state index contributed by atoms with van der Waals surface area (Å²) in [5, 5.41) is 7.62. The van der Waals surface area contributed by atoms with E-state index in [1.54, 1.807) is 0 Å². The van der Waals surface area contributed by atoms with Crippen LogP contribution in [0.25, 0.3) is 0 Å². The summed E-state index contributed by atoms with van der Waals surface area (Å²) in [6.07, 6.45) is 9.55. The number of hydrogen-bond donors (Lipinski definition) is 2. The van der Waals surface area contributed by atoms with Crippen molar-refractivity contribution in [3.05, 3.63) is 21.9 Å². The van der Waals surface area contributed by atoms with Gasteiger partial charge in [0.05, 0.1) is 0 Å². The van der Waals surface area contributed by atoms with Crippen LogP contribution in [0.3, 0.4) is 0 Å². The number of hydrogen-bond acceptors (Lipinski definition) is 3. The lowest BCUT2D eigenvalue weighted by molar-refractivity contribution is 0.257. The van der Waals surface area contributed by atoms with E-state index >= 15 is 0 Å². The molecule has 1 aliphatic heterocycles. The zero-order valence-corrected chi connectivity index (χ0v) is 13.5. The van der Waals surface area contributed by atoms with Crippen molar-refractivity contribution in [1.82, 2.24) is 10.6 Å². The molecule has 1 saturated carbocycles. The van der Waals surface area contributed by atoms with Gasteiger partial charge in [0, 0.05) is 28.4 Å². The fourth-order valence-electron chi connectivity index (χ4n) is 3.91. The predicted octanol–water partition coefficient (Wildman–Crippen LogP) is 3.71. The monoisotopic (exact) mass is 292 g/mol. The quantitative estimate of drug-likeness (QED) is 0.864. The van der Waals surface area contributed by atoms with Crippen molar-refractivity contribution in [2.45, 2.75) is 70.5 Å². The smallest absolute Gasteiger partial charge is 0.0302 e. The van der Waals surface area contributed by atoms with Crippen LogP contribution in [0.5, 0.6) is 0 Å². The van der Waals surface area contributed by atoms with Crippen molar-refractivity contribution < 1.29 is 0 Å². The summed E-state index contributed by atoms with van der Waals surface area (Å²) in [5.74, 6) is 0.862. The normalized spacial score (nSPS) is 30.8. The number of aryl methyl sites for hydroxylation is 1. The van der Waals surface area contributed by atoms with Gasteiger partial charge in [-0.1, -0.05) is 19.8 Å². The van der Waals surface area contributed by atoms with Crippen molar-refractivity contribution in [1.29, 1.82) is 0 Å². The number of rotatable bonds is 5. The lowest BCUT2D eigenvalue weighted by Gasteiger charge is -2.33. The topological polar surface area (TPSA) is 24.1 Å². The van der Waals surface area contributed by atoms with Gasteiger partial charge in [0.25, 0.3) is 0 Å². The van der Waals surface area contributed by atoms with Crippen LogP contribution in [0.2, 0.25) is 0 Å². The molecule has 3 rings (SSSR count). The Labute approximate surface area is 127 Å². The summed E-state index contributed by atoms with van der Waals surface area (Å²) >= 11 is 1.97. The molecule has 0 radical (unpaired) electrons. The Morgan fingerprint density at radius 2 is 2.05 bits per heavy atom. The van der Waals surface area contributed by atoms with Gasteiger partial charge >= 0.3 is 0 Å². The van der Waals surface area contributed by atoms with Crippen molar-refractivity contribution in [3.8, 4) is 0 Å². The molecule has 3 atom stereocenters. The van der Waals surface area contributed by atoms with Gasteiger partial charge in [0.15, 0.2) is 0 Å². The molecule has 2 heterocycles. The second-order valence-corrected chi connectivity index (χ2v) is 7.61. The maximum absolute atomic E-state index is 3.85. The minimum atomic E-state index is 0.734. The molecule has 0 amide bonds. The van der Waals surface area contributed by atoms with E-state index in [1.807, 2.05) is 11.3 Å². The third-order valence-electron chi connectivity index (χ3n) is 5.04. The zero-order chi connectivity index (χ0) is 13.8. The predicted molar refractivity (Wildman–Crippen MR) is 87.3 cm³/mol. The van der Waals surface area contributed by atoms with Crippen LogP contribution in [0.4, 0.5) is 0 Å². The van der Waals surface area contributed by atoms with Crippen molar-refractivity contribution in [3.63, 3.8) is 0 Å². The molecule has 0 aromatic carbocycles. The van der Waals surface area contributed by atoms with E-state index in [4.69, 9.17) is 0 Å². The van der Waals surface area contributed by atoms with Crippen LogP contribution in [0, 0.1) is 5.92 Å². The van der Waals surface area contributed by atoms with Crippen molar-refractivity contribution in [2.75, 3.05) is 6.54 Å². The minimum Gasteiger partial charge on any atom is -0.314 e. The van der Waals surface area contributed by atoms with Gasteiger partial charge in [0.1, 0.15) is 0 Å². The third-order valence-corrected chi connectivity index (χ3v) is 6.27. The van der Waals surface area contributed by atoms with Crippen molar-refractivity contribution in [2.24, 2.45) is 5.92 Å². The van der Waals surface area contributed by atoms with Crippen LogP contribution in [-0.4, -0.2) is 18.6 Å². The van der Waals surface area contributed by atoms with Gasteiger partial charge in [0.2, 0.25) is 0 Å². The summed E-state index contributed by atoms with van der Waals surface area (Å²) in [6.45, 7) is 4.54. The fraction of sp³-hybridized carbons (Fsp3) is 0.765. The number of thiophene rings is 1. The zero-order valence-electron chi connectivity index (χ0n) is 12.7. The minimum absolute atomic E-state index is 0.734. The average Bonchev–Trinajstić information content (AvgIpc) is 3.15. The van der Waals surface area contributed by atoms with Gasteiger partial charge in [-0.15, -0.1) is 11.3 Å². The number of piperidine rings is 1. The van der Waals surface area contributed by atoms with E-state index in [2.05, 4.69) is 29.7 Å². The molecular weight excluding hydrogens is 264 g/mol. The Bertz CT molecular complexity index is 409. The fourth-order valence-corrected chi connectivity index (χ4v) is 4.82. The molecule has 1 aromatic heterocycles. The molecule has 2 nitrogen and oxygen atoms in total. The first-order chi connectivity index (χ1) is 9.86. The van der Waals surface area contributed by atoms with Crippen LogP contribution < -0.4 is 10.6 Å². The first kappa shape index (κ1) is 14.6. The van der Waals surface area contributed by atoms with E-state index in [0.717, 1.165) is 24.5 Å². The molecule has 2 fully saturated rings. The molecule has 1 aromatic rings. The molecule has 1 aliphatic carbocycles. The summed E-state index contributed by atoms with van der Waals surface area (Å²) in [5.41, 5.74) is 0. The third kappa shape index (κ3) is 3.44. The Kier molecular flexibility index (Phi) is 5.14. The lowest BCUT2D eigenvalue weighted by atomic mass is 9.88. The van der Waals surface area contributed by atoms with E-state index in [0.29, 0.717) is 0 Å².